The van der Waals surface area contributed by atoms with Gasteiger partial charge in [-0.15, -0.1) is 0 Å². The van der Waals surface area contributed by atoms with Crippen molar-refractivity contribution >= 4 is 11.6 Å². The zero-order chi connectivity index (χ0) is 13.0. The molecule has 0 fully saturated rings. The minimum Gasteiger partial charge on any atom is -0.396 e. The van der Waals surface area contributed by atoms with Crippen molar-refractivity contribution < 1.29 is 9.90 Å². The molecule has 96 valence electrons. The molecule has 5 heteroatoms. The number of hydrogen-bond acceptors (Lipinski definition) is 3. The first kappa shape index (κ1) is 12.6. The molecule has 2 aromatic heterocycles. The van der Waals surface area contributed by atoms with Crippen molar-refractivity contribution in [2.45, 2.75) is 19.8 Å². The van der Waals surface area contributed by atoms with E-state index in [9.17, 15) is 4.79 Å². The van der Waals surface area contributed by atoms with Crippen LogP contribution in [0.3, 0.4) is 0 Å². The predicted molar refractivity (Wildman–Crippen MR) is 68.6 cm³/mol. The van der Waals surface area contributed by atoms with Gasteiger partial charge in [-0.2, -0.15) is 0 Å². The van der Waals surface area contributed by atoms with E-state index in [0.717, 1.165) is 17.8 Å². The number of aliphatic hydroxyl groups is 1. The molecule has 2 aromatic rings. The number of pyridine rings is 1. The first-order chi connectivity index (χ1) is 8.74. The molecule has 0 unspecified atom stereocenters. The molecule has 0 saturated heterocycles. The maximum absolute atomic E-state index is 12.0. The van der Waals surface area contributed by atoms with Gasteiger partial charge >= 0.3 is 0 Å². The van der Waals surface area contributed by atoms with Gasteiger partial charge in [-0.1, -0.05) is 6.07 Å². The fourth-order valence-electron chi connectivity index (χ4n) is 1.89. The van der Waals surface area contributed by atoms with Gasteiger partial charge < -0.3 is 10.4 Å². The number of unbranched alkanes of at least 4 members (excludes halogenated alkanes) is 1. The van der Waals surface area contributed by atoms with Crippen molar-refractivity contribution in [1.82, 2.24) is 14.7 Å². The molecule has 1 amide bonds. The van der Waals surface area contributed by atoms with Crippen LogP contribution in [0.2, 0.25) is 0 Å². The van der Waals surface area contributed by atoms with E-state index in [1.165, 1.54) is 0 Å². The zero-order valence-corrected chi connectivity index (χ0v) is 10.4. The van der Waals surface area contributed by atoms with Crippen LogP contribution < -0.4 is 5.32 Å². The second kappa shape index (κ2) is 5.64. The Bertz CT molecular complexity index is 548. The van der Waals surface area contributed by atoms with Crippen LogP contribution in [0.25, 0.3) is 5.65 Å². The third-order valence-corrected chi connectivity index (χ3v) is 2.83. The van der Waals surface area contributed by atoms with Crippen LogP contribution in [0.15, 0.2) is 24.4 Å². The van der Waals surface area contributed by atoms with Gasteiger partial charge in [0.1, 0.15) is 11.3 Å². The first-order valence-electron chi connectivity index (χ1n) is 6.06. The van der Waals surface area contributed by atoms with Gasteiger partial charge in [-0.25, -0.2) is 4.98 Å². The highest BCUT2D eigenvalue weighted by Crippen LogP contribution is 2.09. The molecule has 18 heavy (non-hydrogen) atoms. The fourth-order valence-corrected chi connectivity index (χ4v) is 1.89. The molecule has 0 spiro atoms. The summed E-state index contributed by atoms with van der Waals surface area (Å²) < 4.78 is 1.83. The summed E-state index contributed by atoms with van der Waals surface area (Å²) in [5.41, 5.74) is 2.30. The van der Waals surface area contributed by atoms with Gasteiger partial charge in [-0.3, -0.25) is 9.20 Å². The van der Waals surface area contributed by atoms with Gasteiger partial charge in [0.2, 0.25) is 0 Å². The highest BCUT2D eigenvalue weighted by molar-refractivity contribution is 5.93. The van der Waals surface area contributed by atoms with Crippen LogP contribution in [0, 0.1) is 6.92 Å². The summed E-state index contributed by atoms with van der Waals surface area (Å²) in [6, 6.07) is 5.73. The second-order valence-electron chi connectivity index (χ2n) is 4.19. The average Bonchev–Trinajstić information content (AvgIpc) is 2.80. The van der Waals surface area contributed by atoms with E-state index in [-0.39, 0.29) is 12.5 Å². The van der Waals surface area contributed by atoms with Crippen molar-refractivity contribution in [1.29, 1.82) is 0 Å². The smallest absolute Gasteiger partial charge is 0.269 e. The Morgan fingerprint density at radius 3 is 3.06 bits per heavy atom. The van der Waals surface area contributed by atoms with E-state index < -0.39 is 0 Å². The molecular formula is C13H17N3O2. The number of carbonyl (C=O) groups is 1. The number of hydrogen-bond donors (Lipinski definition) is 2. The van der Waals surface area contributed by atoms with Crippen LogP contribution in [0.1, 0.15) is 29.0 Å². The van der Waals surface area contributed by atoms with Gasteiger partial charge in [0.15, 0.2) is 0 Å². The summed E-state index contributed by atoms with van der Waals surface area (Å²) in [7, 11) is 0. The molecule has 5 nitrogen and oxygen atoms in total. The van der Waals surface area contributed by atoms with Crippen molar-refractivity contribution in [3.63, 3.8) is 0 Å². The lowest BCUT2D eigenvalue weighted by molar-refractivity contribution is 0.0946. The maximum atomic E-state index is 12.0. The minimum absolute atomic E-state index is 0.130. The maximum Gasteiger partial charge on any atom is 0.269 e. The molecule has 0 aliphatic rings. The van der Waals surface area contributed by atoms with Gasteiger partial charge in [0.05, 0.1) is 6.20 Å². The van der Waals surface area contributed by atoms with E-state index in [4.69, 9.17) is 5.11 Å². The van der Waals surface area contributed by atoms with E-state index in [1.54, 1.807) is 6.20 Å². The number of nitrogens with zero attached hydrogens (tertiary/aromatic N) is 2. The number of amides is 1. The minimum atomic E-state index is -0.130. The number of rotatable bonds is 5. The van der Waals surface area contributed by atoms with Crippen molar-refractivity contribution in [3.05, 3.63) is 35.8 Å². The second-order valence-corrected chi connectivity index (χ2v) is 4.19. The number of aliphatic hydroxyl groups excluding tert-OH is 1. The lowest BCUT2D eigenvalue weighted by atomic mass is 10.3. The normalized spacial score (nSPS) is 10.8. The molecule has 0 aromatic carbocycles. The number of carbonyl (C=O) groups excluding carboxylic acids is 1. The van der Waals surface area contributed by atoms with Crippen LogP contribution in [-0.2, 0) is 0 Å². The Kier molecular flexibility index (Phi) is 3.94. The van der Waals surface area contributed by atoms with Crippen molar-refractivity contribution in [2.24, 2.45) is 0 Å². The van der Waals surface area contributed by atoms with Crippen LogP contribution in [-0.4, -0.2) is 33.6 Å². The lowest BCUT2D eigenvalue weighted by Crippen LogP contribution is -2.26. The largest absolute Gasteiger partial charge is 0.396 e. The summed E-state index contributed by atoms with van der Waals surface area (Å²) in [5, 5.41) is 11.5. The summed E-state index contributed by atoms with van der Waals surface area (Å²) in [4.78, 5) is 16.2. The molecule has 2 heterocycles. The summed E-state index contributed by atoms with van der Waals surface area (Å²) in [6.45, 7) is 2.67. The summed E-state index contributed by atoms with van der Waals surface area (Å²) in [5.74, 6) is -0.130. The van der Waals surface area contributed by atoms with E-state index in [2.05, 4.69) is 10.3 Å². The number of aryl methyl sites for hydroxylation is 1. The Labute approximate surface area is 105 Å². The summed E-state index contributed by atoms with van der Waals surface area (Å²) >= 11 is 0. The molecule has 0 aliphatic carbocycles. The zero-order valence-electron chi connectivity index (χ0n) is 10.4. The van der Waals surface area contributed by atoms with Crippen LogP contribution >= 0.6 is 0 Å². The van der Waals surface area contributed by atoms with E-state index in [1.807, 2.05) is 29.5 Å². The monoisotopic (exact) mass is 247 g/mol. The number of fused-ring (bicyclic) bond motifs is 1. The van der Waals surface area contributed by atoms with Gasteiger partial charge in [0, 0.05) is 18.8 Å². The van der Waals surface area contributed by atoms with Crippen LogP contribution in [0.4, 0.5) is 0 Å². The topological polar surface area (TPSA) is 66.6 Å². The average molecular weight is 247 g/mol. The number of imidazole rings is 1. The Hall–Kier alpha value is -1.88. The molecule has 0 bridgehead atoms. The van der Waals surface area contributed by atoms with Gasteiger partial charge in [-0.05, 0) is 31.9 Å². The van der Waals surface area contributed by atoms with E-state index in [0.29, 0.717) is 18.7 Å². The molecule has 0 radical (unpaired) electrons. The Balaban J connectivity index is 2.13. The Morgan fingerprint density at radius 1 is 1.44 bits per heavy atom. The number of nitrogens with one attached hydrogen (secondary N) is 1. The fraction of sp³-hybridized carbons (Fsp3) is 0.385. The lowest BCUT2D eigenvalue weighted by Gasteiger charge is -2.06. The molecule has 0 aliphatic heterocycles. The predicted octanol–water partition coefficient (Wildman–Crippen LogP) is 1.15. The molecule has 0 atom stereocenters. The number of aromatic nitrogens is 2. The molecule has 0 saturated carbocycles. The van der Waals surface area contributed by atoms with Gasteiger partial charge in [0.25, 0.3) is 5.91 Å². The van der Waals surface area contributed by atoms with E-state index >= 15 is 0 Å². The standard InChI is InChI=1S/C13H17N3O2/c1-10-5-4-6-12-15-9-11(16(10)12)13(18)14-7-2-3-8-17/h4-6,9,17H,2-3,7-8H2,1H3,(H,14,18). The SMILES string of the molecule is Cc1cccc2ncc(C(=O)NCCCCO)n12. The molecule has 2 N–H and O–H groups in total. The third-order valence-electron chi connectivity index (χ3n) is 2.83. The molecular weight excluding hydrogens is 230 g/mol. The highest BCUT2D eigenvalue weighted by Gasteiger charge is 2.12. The third kappa shape index (κ3) is 2.51. The highest BCUT2D eigenvalue weighted by atomic mass is 16.2. The molecule has 2 rings (SSSR count). The first-order valence-corrected chi connectivity index (χ1v) is 6.06. The van der Waals surface area contributed by atoms with Crippen molar-refractivity contribution in [3.8, 4) is 0 Å². The van der Waals surface area contributed by atoms with Crippen molar-refractivity contribution in [2.75, 3.05) is 13.2 Å². The van der Waals surface area contributed by atoms with Crippen LogP contribution in [0.5, 0.6) is 0 Å². The summed E-state index contributed by atoms with van der Waals surface area (Å²) in [6.07, 6.45) is 3.06. The quantitative estimate of drug-likeness (QED) is 0.779. The Morgan fingerprint density at radius 2 is 2.28 bits per heavy atom.